The number of benzene rings is 7. The molecule has 1 N–H and O–H groups in total. The lowest BCUT2D eigenvalue weighted by atomic mass is 9.89. The van der Waals surface area contributed by atoms with Crippen LogP contribution in [0.2, 0.25) is 0 Å². The Kier molecular flexibility index (Phi) is 5.78. The van der Waals surface area contributed by atoms with E-state index in [1.54, 1.807) is 0 Å². The maximum Gasteiger partial charge on any atom is 0.102 e. The summed E-state index contributed by atoms with van der Waals surface area (Å²) >= 11 is 1.99. The van der Waals surface area contributed by atoms with Gasteiger partial charge in [0, 0.05) is 43.4 Å². The minimum absolute atomic E-state index is 0.257. The van der Waals surface area contributed by atoms with Crippen LogP contribution in [0, 0.1) is 0 Å². The fourth-order valence-electron chi connectivity index (χ4n) is 8.43. The van der Waals surface area contributed by atoms with Crippen molar-refractivity contribution >= 4 is 71.8 Å². The summed E-state index contributed by atoms with van der Waals surface area (Å²) in [6.45, 7) is 0. The summed E-state index contributed by atoms with van der Waals surface area (Å²) in [5.41, 5.74) is 12.7. The van der Waals surface area contributed by atoms with Gasteiger partial charge in [0.1, 0.15) is 5.37 Å². The average molecular weight is 646 g/mol. The maximum absolute atomic E-state index is 3.93. The third-order valence-electron chi connectivity index (χ3n) is 10.6. The minimum atomic E-state index is 0.257. The molecule has 0 amide bonds. The molecule has 1 aliphatic heterocycles. The molecule has 2 aromatic heterocycles. The zero-order chi connectivity index (χ0) is 32.1. The van der Waals surface area contributed by atoms with Crippen LogP contribution in [0.1, 0.15) is 28.5 Å². The zero-order valence-electron chi connectivity index (χ0n) is 26.7. The number of hydrogen-bond donors (Lipinski definition) is 1. The van der Waals surface area contributed by atoms with Gasteiger partial charge in [-0.3, -0.25) is 0 Å². The van der Waals surface area contributed by atoms with Gasteiger partial charge in [0.15, 0.2) is 0 Å². The number of rotatable bonds is 3. The van der Waals surface area contributed by atoms with Gasteiger partial charge in [-0.05, 0) is 83.3 Å². The molecular formula is C45H31N3S. The van der Waals surface area contributed by atoms with Crippen molar-refractivity contribution in [1.29, 1.82) is 0 Å². The smallest absolute Gasteiger partial charge is 0.102 e. The fourth-order valence-corrected chi connectivity index (χ4v) is 9.69. The highest BCUT2D eigenvalue weighted by molar-refractivity contribution is 8.03. The first kappa shape index (κ1) is 27.3. The SMILES string of the molecule is c1ccc(C2NC3=C(CCc4ccc5cc(-n6c7ccccc7c7cc8c9ccccc9n(-c9ccccc9)c8cc76)ccc5c43)S2)cc1. The fraction of sp³-hybridized carbons (Fsp3) is 0.0667. The van der Waals surface area contributed by atoms with Gasteiger partial charge in [-0.25, -0.2) is 0 Å². The van der Waals surface area contributed by atoms with Crippen molar-refractivity contribution in [2.75, 3.05) is 0 Å². The standard InChI is InChI=1S/C45H31N3S/c1-3-11-29(12-4-1)45-46-44-42(49-45)24-21-28-19-20-30-25-32(22-23-33(30)43(28)44)48-39-18-10-8-16-35(39)37-26-36-34-15-7-9-17-38(34)47(40(36)27-41(37)48)31-13-5-2-6-14-31/h1-20,22-23,25-27,45-46H,21,24H2. The minimum Gasteiger partial charge on any atom is -0.368 e. The molecule has 9 aromatic rings. The predicted molar refractivity (Wildman–Crippen MR) is 208 cm³/mol. The number of aryl methyl sites for hydroxylation is 1. The molecule has 1 aliphatic carbocycles. The summed E-state index contributed by atoms with van der Waals surface area (Å²) in [4.78, 5) is 1.48. The molecule has 7 aromatic carbocycles. The largest absolute Gasteiger partial charge is 0.368 e. The molecular weight excluding hydrogens is 615 g/mol. The summed E-state index contributed by atoms with van der Waals surface area (Å²) < 4.78 is 4.88. The van der Waals surface area contributed by atoms with E-state index < -0.39 is 0 Å². The van der Waals surface area contributed by atoms with Crippen molar-refractivity contribution < 1.29 is 0 Å². The lowest BCUT2D eigenvalue weighted by molar-refractivity contribution is 0.866. The molecule has 0 saturated carbocycles. The molecule has 1 atom stereocenters. The number of hydrogen-bond acceptors (Lipinski definition) is 2. The van der Waals surface area contributed by atoms with Crippen molar-refractivity contribution in [2.24, 2.45) is 0 Å². The number of allylic oxidation sites excluding steroid dienone is 1. The van der Waals surface area contributed by atoms with Crippen LogP contribution in [0.25, 0.3) is 71.5 Å². The van der Waals surface area contributed by atoms with Gasteiger partial charge in [0.05, 0.1) is 27.8 Å². The Morgan fingerprint density at radius 1 is 0.490 bits per heavy atom. The molecule has 0 bridgehead atoms. The number of aromatic nitrogens is 2. The van der Waals surface area contributed by atoms with Gasteiger partial charge < -0.3 is 14.5 Å². The number of nitrogens with zero attached hydrogens (tertiary/aromatic N) is 2. The molecule has 0 fully saturated rings. The van der Waals surface area contributed by atoms with Crippen molar-refractivity contribution in [3.8, 4) is 11.4 Å². The zero-order valence-corrected chi connectivity index (χ0v) is 27.5. The molecule has 0 saturated heterocycles. The molecule has 1 unspecified atom stereocenters. The van der Waals surface area contributed by atoms with Crippen LogP contribution in [0.15, 0.2) is 157 Å². The van der Waals surface area contributed by atoms with E-state index in [1.807, 2.05) is 11.8 Å². The monoisotopic (exact) mass is 645 g/mol. The highest BCUT2D eigenvalue weighted by Gasteiger charge is 2.31. The van der Waals surface area contributed by atoms with E-state index in [-0.39, 0.29) is 5.37 Å². The first-order valence-electron chi connectivity index (χ1n) is 17.1. The van der Waals surface area contributed by atoms with Crippen LogP contribution in [-0.2, 0) is 6.42 Å². The lowest BCUT2D eigenvalue weighted by Crippen LogP contribution is -2.15. The van der Waals surface area contributed by atoms with Crippen LogP contribution in [0.3, 0.4) is 0 Å². The Morgan fingerprint density at radius 3 is 1.88 bits per heavy atom. The van der Waals surface area contributed by atoms with Crippen molar-refractivity contribution in [3.63, 3.8) is 0 Å². The van der Waals surface area contributed by atoms with Gasteiger partial charge in [0.25, 0.3) is 0 Å². The molecule has 2 aliphatic rings. The van der Waals surface area contributed by atoms with Crippen molar-refractivity contribution in [3.05, 3.63) is 173 Å². The van der Waals surface area contributed by atoms with Gasteiger partial charge in [-0.1, -0.05) is 115 Å². The first-order valence-corrected chi connectivity index (χ1v) is 18.0. The summed E-state index contributed by atoms with van der Waals surface area (Å²) in [6, 6.07) is 55.9. The van der Waals surface area contributed by atoms with Gasteiger partial charge in [0.2, 0.25) is 0 Å². The lowest BCUT2D eigenvalue weighted by Gasteiger charge is -2.21. The number of nitrogens with one attached hydrogen (secondary N) is 1. The molecule has 0 spiro atoms. The molecule has 3 heterocycles. The second kappa shape index (κ2) is 10.4. The Labute approximate surface area is 288 Å². The Hall–Kier alpha value is -5.71. The highest BCUT2D eigenvalue weighted by atomic mass is 32.2. The molecule has 232 valence electrons. The van der Waals surface area contributed by atoms with E-state index in [2.05, 4.69) is 166 Å². The van der Waals surface area contributed by atoms with Gasteiger partial charge >= 0.3 is 0 Å². The van der Waals surface area contributed by atoms with Crippen LogP contribution in [0.4, 0.5) is 0 Å². The predicted octanol–water partition coefficient (Wildman–Crippen LogP) is 11.7. The Bertz CT molecular complexity index is 2820. The van der Waals surface area contributed by atoms with E-state index in [1.165, 1.54) is 93.1 Å². The molecule has 3 nitrogen and oxygen atoms in total. The van der Waals surface area contributed by atoms with E-state index in [0.717, 1.165) is 12.8 Å². The van der Waals surface area contributed by atoms with E-state index in [4.69, 9.17) is 0 Å². The van der Waals surface area contributed by atoms with Crippen LogP contribution >= 0.6 is 11.8 Å². The van der Waals surface area contributed by atoms with E-state index >= 15 is 0 Å². The van der Waals surface area contributed by atoms with Crippen molar-refractivity contribution in [2.45, 2.75) is 18.2 Å². The molecule has 4 heteroatoms. The van der Waals surface area contributed by atoms with Crippen LogP contribution in [0.5, 0.6) is 0 Å². The Balaban J connectivity index is 1.13. The number of fused-ring (bicyclic) bond motifs is 10. The second-order valence-electron chi connectivity index (χ2n) is 13.3. The van der Waals surface area contributed by atoms with Gasteiger partial charge in [-0.2, -0.15) is 0 Å². The van der Waals surface area contributed by atoms with Gasteiger partial charge in [-0.15, -0.1) is 0 Å². The van der Waals surface area contributed by atoms with E-state index in [0.29, 0.717) is 0 Å². The maximum atomic E-state index is 3.93. The third kappa shape index (κ3) is 3.98. The topological polar surface area (TPSA) is 21.9 Å². The molecule has 49 heavy (non-hydrogen) atoms. The summed E-state index contributed by atoms with van der Waals surface area (Å²) in [7, 11) is 0. The molecule has 11 rings (SSSR count). The number of thioether (sulfide) groups is 1. The Morgan fingerprint density at radius 2 is 1.14 bits per heavy atom. The summed E-state index contributed by atoms with van der Waals surface area (Å²) in [5, 5.41) is 11.9. The van der Waals surface area contributed by atoms with Crippen LogP contribution < -0.4 is 5.32 Å². The number of para-hydroxylation sites is 3. The van der Waals surface area contributed by atoms with Crippen LogP contribution in [-0.4, -0.2) is 9.13 Å². The van der Waals surface area contributed by atoms with Crippen molar-refractivity contribution in [1.82, 2.24) is 14.5 Å². The average Bonchev–Trinajstić information content (AvgIpc) is 3.84. The summed E-state index contributed by atoms with van der Waals surface area (Å²) in [6.07, 6.45) is 2.18. The normalized spacial score (nSPS) is 15.8. The second-order valence-corrected chi connectivity index (χ2v) is 14.5. The third-order valence-corrected chi connectivity index (χ3v) is 11.9. The molecule has 0 radical (unpaired) electrons. The highest BCUT2D eigenvalue weighted by Crippen LogP contribution is 2.50. The quantitative estimate of drug-likeness (QED) is 0.206. The van der Waals surface area contributed by atoms with E-state index in [9.17, 15) is 0 Å². The summed E-state index contributed by atoms with van der Waals surface area (Å²) in [5.74, 6) is 0. The first-order chi connectivity index (χ1) is 24.3.